The molecular formula is C19H25N3O3. The van der Waals surface area contributed by atoms with Gasteiger partial charge in [-0.05, 0) is 17.5 Å². The van der Waals surface area contributed by atoms with Gasteiger partial charge in [-0.1, -0.05) is 32.9 Å². The molecule has 25 heavy (non-hydrogen) atoms. The Hall–Kier alpha value is -2.21. The van der Waals surface area contributed by atoms with Gasteiger partial charge in [0.05, 0.1) is 11.1 Å². The second kappa shape index (κ2) is 6.59. The Balaban J connectivity index is 1.58. The molecule has 1 fully saturated rings. The van der Waals surface area contributed by atoms with E-state index in [0.717, 1.165) is 24.5 Å². The predicted octanol–water partition coefficient (Wildman–Crippen LogP) is 1.47. The highest BCUT2D eigenvalue weighted by atomic mass is 16.2. The molecule has 0 aliphatic carbocycles. The van der Waals surface area contributed by atoms with Crippen LogP contribution in [0.5, 0.6) is 0 Å². The van der Waals surface area contributed by atoms with E-state index in [0.29, 0.717) is 24.2 Å². The number of imide groups is 1. The van der Waals surface area contributed by atoms with Crippen LogP contribution in [0.4, 0.5) is 0 Å². The van der Waals surface area contributed by atoms with Crippen molar-refractivity contribution in [2.24, 2.45) is 5.41 Å². The maximum atomic E-state index is 12.5. The van der Waals surface area contributed by atoms with Crippen LogP contribution in [0.2, 0.25) is 0 Å². The zero-order chi connectivity index (χ0) is 18.2. The van der Waals surface area contributed by atoms with Crippen molar-refractivity contribution < 1.29 is 14.4 Å². The van der Waals surface area contributed by atoms with E-state index in [1.807, 2.05) is 0 Å². The van der Waals surface area contributed by atoms with Crippen molar-refractivity contribution >= 4 is 17.7 Å². The molecule has 0 spiro atoms. The molecule has 0 N–H and O–H groups in total. The molecule has 6 heteroatoms. The van der Waals surface area contributed by atoms with Crippen molar-refractivity contribution in [3.63, 3.8) is 0 Å². The van der Waals surface area contributed by atoms with E-state index in [2.05, 4.69) is 25.7 Å². The molecule has 0 saturated carbocycles. The summed E-state index contributed by atoms with van der Waals surface area (Å²) in [5.41, 5.74) is 0.998. The van der Waals surface area contributed by atoms with E-state index in [-0.39, 0.29) is 29.7 Å². The second-order valence-electron chi connectivity index (χ2n) is 7.96. The number of carbonyl (C=O) groups excluding carboxylic acids is 3. The molecule has 1 aromatic rings. The molecular weight excluding hydrogens is 318 g/mol. The molecule has 2 aliphatic rings. The standard InChI is InChI=1S/C19H25N3O3/c1-19(2,3)13-20-8-10-21(11-9-20)16(23)12-22-17(24)14-6-4-5-7-15(14)18(22)25/h4-7H,8-13H2,1-3H3. The van der Waals surface area contributed by atoms with Gasteiger partial charge in [0.15, 0.2) is 0 Å². The third kappa shape index (κ3) is 3.74. The van der Waals surface area contributed by atoms with Crippen molar-refractivity contribution in [2.75, 3.05) is 39.3 Å². The van der Waals surface area contributed by atoms with Gasteiger partial charge < -0.3 is 4.90 Å². The summed E-state index contributed by atoms with van der Waals surface area (Å²) in [5.74, 6) is -0.912. The van der Waals surface area contributed by atoms with Crippen LogP contribution < -0.4 is 0 Å². The number of amides is 3. The average Bonchev–Trinajstić information content (AvgIpc) is 2.79. The Morgan fingerprint density at radius 2 is 1.48 bits per heavy atom. The number of carbonyl (C=O) groups is 3. The first kappa shape index (κ1) is 17.6. The van der Waals surface area contributed by atoms with Gasteiger partial charge in [0.2, 0.25) is 5.91 Å². The summed E-state index contributed by atoms with van der Waals surface area (Å²) in [6.07, 6.45) is 0. The van der Waals surface area contributed by atoms with Crippen molar-refractivity contribution in [3.05, 3.63) is 35.4 Å². The van der Waals surface area contributed by atoms with E-state index in [1.54, 1.807) is 29.2 Å². The van der Waals surface area contributed by atoms with Crippen molar-refractivity contribution in [1.82, 2.24) is 14.7 Å². The highest BCUT2D eigenvalue weighted by Gasteiger charge is 2.37. The molecule has 0 aromatic heterocycles. The van der Waals surface area contributed by atoms with Crippen LogP contribution in [0.25, 0.3) is 0 Å². The van der Waals surface area contributed by atoms with E-state index in [1.165, 1.54) is 0 Å². The molecule has 1 saturated heterocycles. The van der Waals surface area contributed by atoms with E-state index < -0.39 is 0 Å². The fourth-order valence-electron chi connectivity index (χ4n) is 3.44. The fourth-order valence-corrected chi connectivity index (χ4v) is 3.44. The van der Waals surface area contributed by atoms with E-state index in [4.69, 9.17) is 0 Å². The number of fused-ring (bicyclic) bond motifs is 1. The number of nitrogens with zero attached hydrogens (tertiary/aromatic N) is 3. The van der Waals surface area contributed by atoms with Gasteiger partial charge in [0.25, 0.3) is 11.8 Å². The van der Waals surface area contributed by atoms with Crippen LogP contribution in [-0.2, 0) is 4.79 Å². The van der Waals surface area contributed by atoms with Gasteiger partial charge in [-0.2, -0.15) is 0 Å². The van der Waals surface area contributed by atoms with Crippen molar-refractivity contribution in [3.8, 4) is 0 Å². The summed E-state index contributed by atoms with van der Waals surface area (Å²) in [6.45, 7) is 10.3. The van der Waals surface area contributed by atoms with Gasteiger partial charge >= 0.3 is 0 Å². The summed E-state index contributed by atoms with van der Waals surface area (Å²) < 4.78 is 0. The van der Waals surface area contributed by atoms with E-state index >= 15 is 0 Å². The third-order valence-corrected chi connectivity index (χ3v) is 4.59. The Bertz CT molecular complexity index is 665. The third-order valence-electron chi connectivity index (χ3n) is 4.59. The zero-order valence-corrected chi connectivity index (χ0v) is 15.1. The van der Waals surface area contributed by atoms with Gasteiger partial charge in [0, 0.05) is 32.7 Å². The highest BCUT2D eigenvalue weighted by Crippen LogP contribution is 2.22. The fraction of sp³-hybridized carbons (Fsp3) is 0.526. The van der Waals surface area contributed by atoms with Crippen LogP contribution in [0.3, 0.4) is 0 Å². The SMILES string of the molecule is CC(C)(C)CN1CCN(C(=O)CN2C(=O)c3ccccc3C2=O)CC1. The van der Waals surface area contributed by atoms with Gasteiger partial charge in [0.1, 0.15) is 6.54 Å². The lowest BCUT2D eigenvalue weighted by molar-refractivity contribution is -0.133. The molecule has 0 atom stereocenters. The highest BCUT2D eigenvalue weighted by molar-refractivity contribution is 6.22. The van der Waals surface area contributed by atoms with Crippen LogP contribution in [0.1, 0.15) is 41.5 Å². The molecule has 134 valence electrons. The normalized spacial score (nSPS) is 18.7. The predicted molar refractivity (Wildman–Crippen MR) is 94.3 cm³/mol. The molecule has 2 heterocycles. The number of hydrogen-bond acceptors (Lipinski definition) is 4. The maximum Gasteiger partial charge on any atom is 0.262 e. The molecule has 3 amide bonds. The average molecular weight is 343 g/mol. The number of rotatable bonds is 3. The lowest BCUT2D eigenvalue weighted by Gasteiger charge is -2.38. The Morgan fingerprint density at radius 3 is 1.96 bits per heavy atom. The summed E-state index contributed by atoms with van der Waals surface area (Å²) in [7, 11) is 0. The summed E-state index contributed by atoms with van der Waals surface area (Å²) in [5, 5.41) is 0. The van der Waals surface area contributed by atoms with E-state index in [9.17, 15) is 14.4 Å². The topological polar surface area (TPSA) is 60.9 Å². The van der Waals surface area contributed by atoms with Crippen molar-refractivity contribution in [2.45, 2.75) is 20.8 Å². The Morgan fingerprint density at radius 1 is 0.960 bits per heavy atom. The maximum absolute atomic E-state index is 12.5. The Kier molecular flexibility index (Phi) is 4.64. The first-order valence-corrected chi connectivity index (χ1v) is 8.72. The van der Waals surface area contributed by atoms with Gasteiger partial charge in [-0.3, -0.25) is 24.2 Å². The number of benzene rings is 1. The second-order valence-corrected chi connectivity index (χ2v) is 7.96. The van der Waals surface area contributed by atoms with Gasteiger partial charge in [-0.25, -0.2) is 0 Å². The van der Waals surface area contributed by atoms with Crippen LogP contribution in [0, 0.1) is 5.41 Å². The largest absolute Gasteiger partial charge is 0.339 e. The molecule has 6 nitrogen and oxygen atoms in total. The lowest BCUT2D eigenvalue weighted by Crippen LogP contribution is -2.53. The monoisotopic (exact) mass is 343 g/mol. The summed E-state index contributed by atoms with van der Waals surface area (Å²) in [4.78, 5) is 42.4. The zero-order valence-electron chi connectivity index (χ0n) is 15.1. The minimum absolute atomic E-state index is 0.162. The van der Waals surface area contributed by atoms with Crippen molar-refractivity contribution in [1.29, 1.82) is 0 Å². The molecule has 2 aliphatic heterocycles. The summed E-state index contributed by atoms with van der Waals surface area (Å²) >= 11 is 0. The minimum atomic E-state index is -0.375. The Labute approximate surface area is 148 Å². The number of piperazine rings is 1. The van der Waals surface area contributed by atoms with Gasteiger partial charge in [-0.15, -0.1) is 0 Å². The lowest BCUT2D eigenvalue weighted by atomic mass is 9.96. The van der Waals surface area contributed by atoms with Crippen LogP contribution in [-0.4, -0.2) is 71.7 Å². The first-order chi connectivity index (χ1) is 11.8. The molecule has 3 rings (SSSR count). The molecule has 0 radical (unpaired) electrons. The molecule has 1 aromatic carbocycles. The smallest absolute Gasteiger partial charge is 0.262 e. The summed E-state index contributed by atoms with van der Waals surface area (Å²) in [6, 6.07) is 6.71. The number of hydrogen-bond donors (Lipinski definition) is 0. The minimum Gasteiger partial charge on any atom is -0.339 e. The molecule has 0 unspecified atom stereocenters. The van der Waals surface area contributed by atoms with Crippen LogP contribution >= 0.6 is 0 Å². The first-order valence-electron chi connectivity index (χ1n) is 8.72. The quantitative estimate of drug-likeness (QED) is 0.780. The van der Waals surface area contributed by atoms with Crippen LogP contribution in [0.15, 0.2) is 24.3 Å². The molecule has 0 bridgehead atoms.